The highest BCUT2D eigenvalue weighted by Gasteiger charge is 2.17. The number of piperazine rings is 1. The number of hydrogen-bond acceptors (Lipinski definition) is 3. The van der Waals surface area contributed by atoms with E-state index in [1.165, 1.54) is 5.56 Å². The molecule has 1 heterocycles. The lowest BCUT2D eigenvalue weighted by Gasteiger charge is -2.33. The number of nitrogens with zero attached hydrogens (tertiary/aromatic N) is 2. The van der Waals surface area contributed by atoms with Crippen LogP contribution in [0.1, 0.15) is 25.8 Å². The maximum absolute atomic E-state index is 11.9. The standard InChI is InChI=1S/C20H31N3O/c1-18(2)10-11-21-20(24)17-23-15-13-22(14-16-23)12-6-9-19-7-4-3-5-8-19/h3-9,18H,10-17H2,1-2H3,(H,21,24)/b9-6+. The van der Waals surface area contributed by atoms with E-state index in [0.717, 1.165) is 45.7 Å². The molecule has 0 aromatic heterocycles. The van der Waals surface area contributed by atoms with E-state index >= 15 is 0 Å². The van der Waals surface area contributed by atoms with Gasteiger partial charge in [0.25, 0.3) is 0 Å². The molecule has 4 heteroatoms. The minimum absolute atomic E-state index is 0.160. The van der Waals surface area contributed by atoms with Gasteiger partial charge in [0.2, 0.25) is 5.91 Å². The second kappa shape index (κ2) is 10.3. The molecule has 1 aromatic rings. The zero-order valence-electron chi connectivity index (χ0n) is 15.1. The highest BCUT2D eigenvalue weighted by molar-refractivity contribution is 5.77. The Bertz CT molecular complexity index is 505. The number of amides is 1. The van der Waals surface area contributed by atoms with Crippen molar-refractivity contribution in [2.24, 2.45) is 5.92 Å². The molecular formula is C20H31N3O. The van der Waals surface area contributed by atoms with Crippen molar-refractivity contribution >= 4 is 12.0 Å². The van der Waals surface area contributed by atoms with Crippen LogP contribution in [0.4, 0.5) is 0 Å². The van der Waals surface area contributed by atoms with Crippen LogP contribution < -0.4 is 5.32 Å². The Kier molecular flexibility index (Phi) is 7.99. The lowest BCUT2D eigenvalue weighted by Crippen LogP contribution is -2.49. The number of rotatable bonds is 8. The first-order valence-electron chi connectivity index (χ1n) is 9.06. The molecule has 1 N–H and O–H groups in total. The fourth-order valence-electron chi connectivity index (χ4n) is 2.79. The topological polar surface area (TPSA) is 35.6 Å². The van der Waals surface area contributed by atoms with Gasteiger partial charge in [-0.05, 0) is 17.9 Å². The molecule has 4 nitrogen and oxygen atoms in total. The van der Waals surface area contributed by atoms with Gasteiger partial charge in [-0.2, -0.15) is 0 Å². The molecule has 1 amide bonds. The van der Waals surface area contributed by atoms with Gasteiger partial charge in [0.05, 0.1) is 6.54 Å². The van der Waals surface area contributed by atoms with Crippen molar-refractivity contribution in [3.8, 4) is 0 Å². The highest BCUT2D eigenvalue weighted by Crippen LogP contribution is 2.04. The van der Waals surface area contributed by atoms with Gasteiger partial charge in [0, 0.05) is 39.3 Å². The van der Waals surface area contributed by atoms with Crippen molar-refractivity contribution in [2.45, 2.75) is 20.3 Å². The smallest absolute Gasteiger partial charge is 0.234 e. The highest BCUT2D eigenvalue weighted by atomic mass is 16.2. The van der Waals surface area contributed by atoms with Gasteiger partial charge < -0.3 is 5.32 Å². The fourth-order valence-corrected chi connectivity index (χ4v) is 2.79. The minimum Gasteiger partial charge on any atom is -0.355 e. The number of benzene rings is 1. The summed E-state index contributed by atoms with van der Waals surface area (Å²) < 4.78 is 0. The molecule has 0 unspecified atom stereocenters. The quantitative estimate of drug-likeness (QED) is 0.796. The van der Waals surface area contributed by atoms with Crippen LogP contribution in [-0.4, -0.2) is 61.5 Å². The number of hydrogen-bond donors (Lipinski definition) is 1. The summed E-state index contributed by atoms with van der Waals surface area (Å²) >= 11 is 0. The van der Waals surface area contributed by atoms with Crippen LogP contribution in [0, 0.1) is 5.92 Å². The predicted octanol–water partition coefficient (Wildman–Crippen LogP) is 2.48. The predicted molar refractivity (Wildman–Crippen MR) is 101 cm³/mol. The molecule has 0 spiro atoms. The van der Waals surface area contributed by atoms with Gasteiger partial charge in [0.1, 0.15) is 0 Å². The van der Waals surface area contributed by atoms with Gasteiger partial charge >= 0.3 is 0 Å². The van der Waals surface area contributed by atoms with Crippen LogP contribution in [0.25, 0.3) is 6.08 Å². The van der Waals surface area contributed by atoms with Crippen LogP contribution in [0.3, 0.4) is 0 Å². The van der Waals surface area contributed by atoms with E-state index in [1.54, 1.807) is 0 Å². The van der Waals surface area contributed by atoms with Crippen LogP contribution in [0.5, 0.6) is 0 Å². The number of carbonyl (C=O) groups is 1. The largest absolute Gasteiger partial charge is 0.355 e. The molecule has 1 saturated heterocycles. The molecule has 2 rings (SSSR count). The van der Waals surface area contributed by atoms with Gasteiger partial charge in [-0.25, -0.2) is 0 Å². The van der Waals surface area contributed by atoms with E-state index in [1.807, 2.05) is 6.07 Å². The van der Waals surface area contributed by atoms with Gasteiger partial charge in [-0.1, -0.05) is 56.3 Å². The molecule has 0 atom stereocenters. The first-order valence-corrected chi connectivity index (χ1v) is 9.06. The average molecular weight is 329 g/mol. The van der Waals surface area contributed by atoms with Crippen molar-refractivity contribution in [1.82, 2.24) is 15.1 Å². The van der Waals surface area contributed by atoms with Crippen molar-refractivity contribution < 1.29 is 4.79 Å². The molecule has 0 aliphatic carbocycles. The van der Waals surface area contributed by atoms with Crippen LogP contribution in [-0.2, 0) is 4.79 Å². The maximum atomic E-state index is 11.9. The molecule has 1 aromatic carbocycles. The summed E-state index contributed by atoms with van der Waals surface area (Å²) in [5.74, 6) is 0.797. The van der Waals surface area contributed by atoms with Crippen molar-refractivity contribution in [1.29, 1.82) is 0 Å². The van der Waals surface area contributed by atoms with Crippen LogP contribution >= 0.6 is 0 Å². The van der Waals surface area contributed by atoms with Crippen molar-refractivity contribution in [3.63, 3.8) is 0 Å². The minimum atomic E-state index is 0.160. The molecule has 1 aliphatic heterocycles. The Morgan fingerprint density at radius 3 is 2.46 bits per heavy atom. The summed E-state index contributed by atoms with van der Waals surface area (Å²) in [6.45, 7) is 10.6. The number of carbonyl (C=O) groups excluding carboxylic acids is 1. The van der Waals surface area contributed by atoms with Crippen LogP contribution in [0.2, 0.25) is 0 Å². The summed E-state index contributed by atoms with van der Waals surface area (Å²) in [6.07, 6.45) is 5.45. The Morgan fingerprint density at radius 2 is 1.79 bits per heavy atom. The Morgan fingerprint density at radius 1 is 1.12 bits per heavy atom. The SMILES string of the molecule is CC(C)CCNC(=O)CN1CCN(C/C=C/c2ccccc2)CC1. The second-order valence-corrected chi connectivity index (χ2v) is 6.92. The molecule has 0 bridgehead atoms. The molecule has 1 aliphatic rings. The third kappa shape index (κ3) is 7.28. The first-order chi connectivity index (χ1) is 11.6. The summed E-state index contributed by atoms with van der Waals surface area (Å²) in [5, 5.41) is 3.02. The van der Waals surface area contributed by atoms with Gasteiger partial charge in [-0.3, -0.25) is 14.6 Å². The summed E-state index contributed by atoms with van der Waals surface area (Å²) in [6, 6.07) is 10.4. The van der Waals surface area contributed by atoms with E-state index in [9.17, 15) is 4.79 Å². The van der Waals surface area contributed by atoms with Crippen molar-refractivity contribution in [2.75, 3.05) is 45.8 Å². The van der Waals surface area contributed by atoms with E-state index in [-0.39, 0.29) is 5.91 Å². The second-order valence-electron chi connectivity index (χ2n) is 6.92. The average Bonchev–Trinajstić information content (AvgIpc) is 2.57. The Balaban J connectivity index is 1.61. The molecule has 1 fully saturated rings. The monoisotopic (exact) mass is 329 g/mol. The van der Waals surface area contributed by atoms with E-state index in [4.69, 9.17) is 0 Å². The lowest BCUT2D eigenvalue weighted by molar-refractivity contribution is -0.122. The summed E-state index contributed by atoms with van der Waals surface area (Å²) in [4.78, 5) is 16.6. The summed E-state index contributed by atoms with van der Waals surface area (Å²) in [5.41, 5.74) is 1.24. The Labute approximate surface area is 146 Å². The maximum Gasteiger partial charge on any atom is 0.234 e. The lowest BCUT2D eigenvalue weighted by atomic mass is 10.1. The van der Waals surface area contributed by atoms with E-state index < -0.39 is 0 Å². The molecule has 0 radical (unpaired) electrons. The van der Waals surface area contributed by atoms with Crippen molar-refractivity contribution in [3.05, 3.63) is 42.0 Å². The van der Waals surface area contributed by atoms with E-state index in [2.05, 4.69) is 65.4 Å². The Hall–Kier alpha value is -1.65. The molecule has 24 heavy (non-hydrogen) atoms. The zero-order valence-corrected chi connectivity index (χ0v) is 15.1. The zero-order chi connectivity index (χ0) is 17.2. The molecule has 132 valence electrons. The third-order valence-corrected chi connectivity index (χ3v) is 4.35. The number of nitrogens with one attached hydrogen (secondary N) is 1. The van der Waals surface area contributed by atoms with Gasteiger partial charge in [-0.15, -0.1) is 0 Å². The summed E-state index contributed by atoms with van der Waals surface area (Å²) in [7, 11) is 0. The van der Waals surface area contributed by atoms with Gasteiger partial charge in [0.15, 0.2) is 0 Å². The van der Waals surface area contributed by atoms with E-state index in [0.29, 0.717) is 12.5 Å². The first kappa shape index (κ1) is 18.7. The fraction of sp³-hybridized carbons (Fsp3) is 0.550. The third-order valence-electron chi connectivity index (χ3n) is 4.35. The van der Waals surface area contributed by atoms with Crippen LogP contribution in [0.15, 0.2) is 36.4 Å². The normalized spacial score (nSPS) is 16.8. The molecular weight excluding hydrogens is 298 g/mol. The molecule has 0 saturated carbocycles.